The van der Waals surface area contributed by atoms with Gasteiger partial charge in [0.05, 0.1) is 54.0 Å². The maximum absolute atomic E-state index is 14.1. The number of nitrogens with zero attached hydrogens (tertiary/aromatic N) is 4. The van der Waals surface area contributed by atoms with Crippen LogP contribution in [0.25, 0.3) is 0 Å². The molecule has 1 amide bonds. The number of aliphatic carboxylic acids is 1. The van der Waals surface area contributed by atoms with Gasteiger partial charge in [0.1, 0.15) is 6.61 Å². The minimum absolute atomic E-state index is 0.0414. The minimum atomic E-state index is -5.18. The van der Waals surface area contributed by atoms with E-state index in [9.17, 15) is 49.1 Å². The molecule has 3 aromatic rings. The number of carbonyl (C=O) groups excluding carboxylic acids is 1. The van der Waals surface area contributed by atoms with Gasteiger partial charge in [-0.2, -0.15) is 39.5 Å². The number of benzene rings is 2. The van der Waals surface area contributed by atoms with Crippen molar-refractivity contribution in [3.63, 3.8) is 0 Å². The molecule has 2 aromatic carbocycles. The SMILES string of the molecule is CC[C@@H]1C[C@H](N(Cc2cc(C(F)(F)F)cc(C(F)(F)F)c2)c2ncc(OCCOC)cn2)c2cc(C(F)(F)F)ccc2N1C(=O)OCCCCC(=O)O. The second-order valence-corrected chi connectivity index (χ2v) is 12.0. The first-order valence-corrected chi connectivity index (χ1v) is 16.2. The second kappa shape index (κ2) is 16.9. The van der Waals surface area contributed by atoms with Gasteiger partial charge in [-0.15, -0.1) is 0 Å². The Morgan fingerprint density at radius 2 is 1.49 bits per heavy atom. The summed E-state index contributed by atoms with van der Waals surface area (Å²) in [4.78, 5) is 35.1. The number of rotatable bonds is 14. The van der Waals surface area contributed by atoms with Crippen LogP contribution in [-0.4, -0.2) is 60.1 Å². The molecule has 0 spiro atoms. The maximum atomic E-state index is 14.1. The number of fused-ring (bicyclic) bond motifs is 1. The van der Waals surface area contributed by atoms with Gasteiger partial charge in [0.15, 0.2) is 5.75 Å². The molecule has 0 aliphatic carbocycles. The number of carbonyl (C=O) groups is 2. The number of aromatic nitrogens is 2. The van der Waals surface area contributed by atoms with Crippen molar-refractivity contribution in [1.82, 2.24) is 9.97 Å². The Morgan fingerprint density at radius 3 is 2.04 bits per heavy atom. The number of hydrogen-bond donors (Lipinski definition) is 1. The van der Waals surface area contributed by atoms with Crippen molar-refractivity contribution in [2.45, 2.75) is 76.2 Å². The number of carboxylic acids is 1. The van der Waals surface area contributed by atoms with Crippen LogP contribution in [0.5, 0.6) is 5.75 Å². The molecule has 290 valence electrons. The number of alkyl halides is 9. The van der Waals surface area contributed by atoms with Gasteiger partial charge in [0.2, 0.25) is 5.95 Å². The van der Waals surface area contributed by atoms with Crippen molar-refractivity contribution in [2.24, 2.45) is 0 Å². The molecular weight excluding hydrogens is 731 g/mol. The number of carboxylic acid groups (broad SMARTS) is 1. The lowest BCUT2D eigenvalue weighted by atomic mass is 9.87. The lowest BCUT2D eigenvalue weighted by Gasteiger charge is -2.44. The van der Waals surface area contributed by atoms with Crippen molar-refractivity contribution in [2.75, 3.05) is 36.7 Å². The van der Waals surface area contributed by atoms with Crippen molar-refractivity contribution >= 4 is 23.7 Å². The highest BCUT2D eigenvalue weighted by Gasteiger charge is 2.42. The second-order valence-electron chi connectivity index (χ2n) is 12.0. The molecule has 0 saturated carbocycles. The van der Waals surface area contributed by atoms with E-state index in [1.54, 1.807) is 6.92 Å². The number of unbranched alkanes of at least 4 members (excludes halogenated alkanes) is 1. The summed E-state index contributed by atoms with van der Waals surface area (Å²) in [5, 5.41) is 8.86. The number of hydrogen-bond acceptors (Lipinski definition) is 8. The largest absolute Gasteiger partial charge is 0.488 e. The van der Waals surface area contributed by atoms with Crippen LogP contribution in [0, 0.1) is 0 Å². The average Bonchev–Trinajstić information content (AvgIpc) is 3.08. The molecule has 1 N–H and O–H groups in total. The first-order chi connectivity index (χ1) is 24.8. The molecule has 0 fully saturated rings. The van der Waals surface area contributed by atoms with Gasteiger partial charge in [0.25, 0.3) is 0 Å². The fraction of sp³-hybridized carbons (Fsp3) is 0.471. The molecular formula is C34H35F9N4O6. The highest BCUT2D eigenvalue weighted by molar-refractivity contribution is 5.90. The average molecular weight is 767 g/mol. The van der Waals surface area contributed by atoms with E-state index in [1.807, 2.05) is 0 Å². The predicted octanol–water partition coefficient (Wildman–Crippen LogP) is 8.69. The normalized spacial score (nSPS) is 16.2. The van der Waals surface area contributed by atoms with Gasteiger partial charge in [-0.25, -0.2) is 14.8 Å². The Bertz CT molecular complexity index is 1690. The minimum Gasteiger partial charge on any atom is -0.488 e. The highest BCUT2D eigenvalue weighted by atomic mass is 19.4. The van der Waals surface area contributed by atoms with E-state index in [-0.39, 0.29) is 80.9 Å². The fourth-order valence-corrected chi connectivity index (χ4v) is 5.81. The number of halogens is 9. The number of amides is 1. The van der Waals surface area contributed by atoms with E-state index < -0.39 is 71.5 Å². The molecule has 10 nitrogen and oxygen atoms in total. The molecule has 2 atom stereocenters. The highest BCUT2D eigenvalue weighted by Crippen LogP contribution is 2.46. The van der Waals surface area contributed by atoms with Crippen LogP contribution in [-0.2, 0) is 39.3 Å². The van der Waals surface area contributed by atoms with Crippen LogP contribution < -0.4 is 14.5 Å². The van der Waals surface area contributed by atoms with E-state index in [2.05, 4.69) is 9.97 Å². The molecule has 1 aromatic heterocycles. The molecule has 2 heterocycles. The zero-order valence-electron chi connectivity index (χ0n) is 28.3. The molecule has 1 aliphatic rings. The molecule has 1 aliphatic heterocycles. The third kappa shape index (κ3) is 10.6. The third-order valence-electron chi connectivity index (χ3n) is 8.32. The summed E-state index contributed by atoms with van der Waals surface area (Å²) < 4.78 is 141. The third-order valence-corrected chi connectivity index (χ3v) is 8.32. The number of methoxy groups -OCH3 is 1. The first kappa shape index (κ1) is 41.0. The van der Waals surface area contributed by atoms with Crippen molar-refractivity contribution in [3.8, 4) is 5.75 Å². The van der Waals surface area contributed by atoms with E-state index in [0.29, 0.717) is 12.1 Å². The lowest BCUT2D eigenvalue weighted by molar-refractivity contribution is -0.143. The van der Waals surface area contributed by atoms with Crippen LogP contribution in [0.3, 0.4) is 0 Å². The summed E-state index contributed by atoms with van der Waals surface area (Å²) in [6.45, 7) is 0.994. The van der Waals surface area contributed by atoms with Gasteiger partial charge < -0.3 is 24.2 Å². The lowest BCUT2D eigenvalue weighted by Crippen LogP contribution is -2.48. The smallest absolute Gasteiger partial charge is 0.416 e. The van der Waals surface area contributed by atoms with Gasteiger partial charge in [-0.1, -0.05) is 6.92 Å². The molecule has 0 radical (unpaired) electrons. The zero-order valence-corrected chi connectivity index (χ0v) is 28.3. The summed E-state index contributed by atoms with van der Waals surface area (Å²) >= 11 is 0. The van der Waals surface area contributed by atoms with Gasteiger partial charge >= 0.3 is 30.6 Å². The van der Waals surface area contributed by atoms with E-state index in [0.717, 1.165) is 23.1 Å². The molecule has 0 bridgehead atoms. The summed E-state index contributed by atoms with van der Waals surface area (Å²) in [6, 6.07) is 1.45. The molecule has 0 saturated heterocycles. The van der Waals surface area contributed by atoms with Gasteiger partial charge in [-0.3, -0.25) is 9.69 Å². The Balaban J connectivity index is 1.86. The molecule has 0 unspecified atom stereocenters. The summed E-state index contributed by atoms with van der Waals surface area (Å²) in [5.74, 6) is -1.20. The van der Waals surface area contributed by atoms with Crippen LogP contribution in [0.15, 0.2) is 48.8 Å². The molecule has 53 heavy (non-hydrogen) atoms. The summed E-state index contributed by atoms with van der Waals surface area (Å²) in [5.41, 5.74) is -5.05. The Hall–Kier alpha value is -4.81. The van der Waals surface area contributed by atoms with Gasteiger partial charge in [-0.05, 0) is 73.2 Å². The summed E-state index contributed by atoms with van der Waals surface area (Å²) in [6.07, 6.45) is -13.6. The van der Waals surface area contributed by atoms with E-state index in [4.69, 9.17) is 19.3 Å². The van der Waals surface area contributed by atoms with Crippen molar-refractivity contribution in [1.29, 1.82) is 0 Å². The van der Waals surface area contributed by atoms with Crippen LogP contribution in [0.4, 0.5) is 55.9 Å². The van der Waals surface area contributed by atoms with Crippen LogP contribution in [0.1, 0.15) is 72.9 Å². The molecule has 4 rings (SSSR count). The van der Waals surface area contributed by atoms with Crippen LogP contribution in [0.2, 0.25) is 0 Å². The Kier molecular flexibility index (Phi) is 13.1. The molecule has 19 heteroatoms. The predicted molar refractivity (Wildman–Crippen MR) is 170 cm³/mol. The maximum Gasteiger partial charge on any atom is 0.416 e. The Labute approximate surface area is 297 Å². The topological polar surface area (TPSA) is 114 Å². The fourth-order valence-electron chi connectivity index (χ4n) is 5.81. The van der Waals surface area contributed by atoms with Gasteiger partial charge in [0, 0.05) is 26.1 Å². The van der Waals surface area contributed by atoms with Crippen LogP contribution >= 0.6 is 0 Å². The number of anilines is 2. The first-order valence-electron chi connectivity index (χ1n) is 16.2. The Morgan fingerprint density at radius 1 is 0.868 bits per heavy atom. The standard InChI is InChI=1S/C34H35F9N4O6/c1-3-24-16-28(26-15-21(32(35,36)37)7-8-27(26)47(24)31(50)53-9-5-4-6-29(48)49)46(30-44-17-25(18-45-30)52-11-10-51-2)19-20-12-22(33(38,39)40)14-23(13-20)34(41,42)43/h7-8,12-15,17-18,24,28H,3-6,9-11,16,19H2,1-2H3,(H,48,49)/t24-,28+/m1/s1. The van der Waals surface area contributed by atoms with Crippen molar-refractivity contribution in [3.05, 3.63) is 76.6 Å². The van der Waals surface area contributed by atoms with Crippen molar-refractivity contribution < 1.29 is 68.4 Å². The number of ether oxygens (including phenoxy) is 3. The van der Waals surface area contributed by atoms with E-state index >= 15 is 0 Å². The van der Waals surface area contributed by atoms with E-state index in [1.165, 1.54) is 24.4 Å². The monoisotopic (exact) mass is 766 g/mol. The quantitative estimate of drug-likeness (QED) is 0.127. The zero-order chi connectivity index (χ0) is 39.1. The summed E-state index contributed by atoms with van der Waals surface area (Å²) in [7, 11) is 1.43.